The van der Waals surface area contributed by atoms with Crippen LogP contribution in [-0.2, 0) is 4.57 Å². The molecule has 0 aliphatic heterocycles. The van der Waals surface area contributed by atoms with Gasteiger partial charge in [-0.25, -0.2) is 0 Å². The molecule has 0 aromatic heterocycles. The van der Waals surface area contributed by atoms with E-state index >= 15 is 0 Å². The minimum absolute atomic E-state index is 0. The summed E-state index contributed by atoms with van der Waals surface area (Å²) in [6.07, 6.45) is 3.64. The zero-order valence-electron chi connectivity index (χ0n) is 15.2. The Morgan fingerprint density at radius 1 is 0.889 bits per heavy atom. The van der Waals surface area contributed by atoms with Crippen molar-refractivity contribution < 1.29 is 131 Å². The van der Waals surface area contributed by atoms with Gasteiger partial charge in [-0.3, -0.25) is 0 Å². The quantitative estimate of drug-likeness (QED) is 0.145. The topological polar surface area (TPSA) is 90.9 Å². The van der Waals surface area contributed by atoms with Crippen molar-refractivity contribution in [3.63, 3.8) is 0 Å². The Bertz CT molecular complexity index is 834. The molecule has 27 heavy (non-hydrogen) atoms. The van der Waals surface area contributed by atoms with E-state index in [4.69, 9.17) is 9.47 Å². The summed E-state index contributed by atoms with van der Waals surface area (Å²) in [7, 11) is -2.18. The molecule has 0 N–H and O–H groups in total. The first-order chi connectivity index (χ1) is 11.7. The van der Waals surface area contributed by atoms with Gasteiger partial charge in [-0.1, -0.05) is 18.2 Å². The molecule has 0 saturated carbocycles. The number of phosphoric ester groups is 1. The average Bonchev–Trinajstić information content (AvgIpc) is 2.51. The molecular formula is C16H13I2K2O6P. The molecule has 2 aromatic rings. The molecule has 0 radical (unpaired) electrons. The maximum Gasteiger partial charge on any atom is 1.00 e. The monoisotopic (exact) mass is 664 g/mol. The molecule has 0 aliphatic rings. The van der Waals surface area contributed by atoms with Crippen LogP contribution in [0.15, 0.2) is 30.3 Å². The molecule has 0 fully saturated rings. The van der Waals surface area contributed by atoms with E-state index in [1.807, 2.05) is 18.2 Å². The fraction of sp³-hybridized carbons (Fsp3) is 0.125. The third-order valence-electron chi connectivity index (χ3n) is 3.09. The Balaban J connectivity index is 0.00000338. The second kappa shape index (κ2) is 13.8. The van der Waals surface area contributed by atoms with Gasteiger partial charge in [0, 0.05) is 0 Å². The molecule has 0 aliphatic carbocycles. The predicted molar refractivity (Wildman–Crippen MR) is 109 cm³/mol. The standard InChI is InChI=1S/C16H15I2O6P.2K/c1-22-14-6-5-10(9-15(14)24-25(19,20)21)3-4-11-7-12(17)16(23-2)13(18)8-11;;/h3-9H,1-2H3,(H2,19,20,21);;/q;2*+1/p-2/b4-3-;;. The molecule has 2 rings (SSSR count). The fourth-order valence-corrected chi connectivity index (χ4v) is 4.69. The van der Waals surface area contributed by atoms with Crippen LogP contribution >= 0.6 is 53.0 Å². The molecule has 11 heteroatoms. The van der Waals surface area contributed by atoms with Crippen LogP contribution in [0.2, 0.25) is 0 Å². The van der Waals surface area contributed by atoms with Crippen molar-refractivity contribution in [2.45, 2.75) is 0 Å². The molecule has 0 unspecified atom stereocenters. The molecule has 0 amide bonds. The Labute approximate surface area is 270 Å². The van der Waals surface area contributed by atoms with Crippen LogP contribution in [0.3, 0.4) is 0 Å². The van der Waals surface area contributed by atoms with Gasteiger partial charge in [-0.05, 0) is 80.6 Å². The Kier molecular flexibility index (Phi) is 15.0. The summed E-state index contributed by atoms with van der Waals surface area (Å²) in [5.74, 6) is 0.842. The van der Waals surface area contributed by atoms with Crippen LogP contribution in [-0.4, -0.2) is 14.2 Å². The third-order valence-corrected chi connectivity index (χ3v) is 5.11. The Morgan fingerprint density at radius 3 is 1.93 bits per heavy atom. The van der Waals surface area contributed by atoms with Gasteiger partial charge in [0.2, 0.25) is 0 Å². The van der Waals surface area contributed by atoms with Crippen molar-refractivity contribution >= 4 is 65.2 Å². The molecule has 0 spiro atoms. The molecule has 0 saturated heterocycles. The van der Waals surface area contributed by atoms with Crippen LogP contribution in [0.5, 0.6) is 17.2 Å². The van der Waals surface area contributed by atoms with Gasteiger partial charge in [0.25, 0.3) is 0 Å². The van der Waals surface area contributed by atoms with Crippen molar-refractivity contribution in [2.24, 2.45) is 0 Å². The van der Waals surface area contributed by atoms with Gasteiger partial charge in [-0.2, -0.15) is 0 Å². The molecular weight excluding hydrogens is 651 g/mol. The van der Waals surface area contributed by atoms with Gasteiger partial charge >= 0.3 is 103 Å². The first-order valence-electron chi connectivity index (χ1n) is 6.84. The van der Waals surface area contributed by atoms with E-state index in [1.165, 1.54) is 19.2 Å². The van der Waals surface area contributed by atoms with E-state index in [-0.39, 0.29) is 114 Å². The number of hydrogen-bond acceptors (Lipinski definition) is 6. The maximum atomic E-state index is 10.9. The number of ether oxygens (including phenoxy) is 2. The number of benzene rings is 2. The van der Waals surface area contributed by atoms with Crippen LogP contribution in [0, 0.1) is 7.14 Å². The summed E-state index contributed by atoms with van der Waals surface area (Å²) >= 11 is 4.39. The second-order valence-electron chi connectivity index (χ2n) is 4.80. The van der Waals surface area contributed by atoms with Crippen LogP contribution in [0.1, 0.15) is 11.1 Å². The van der Waals surface area contributed by atoms with E-state index in [1.54, 1.807) is 19.3 Å². The predicted octanol–water partition coefficient (Wildman–Crippen LogP) is -2.70. The summed E-state index contributed by atoms with van der Waals surface area (Å²) in [5.41, 5.74) is 1.61. The molecule has 134 valence electrons. The van der Waals surface area contributed by atoms with Gasteiger partial charge in [0.15, 0.2) is 11.5 Å². The van der Waals surface area contributed by atoms with Crippen molar-refractivity contribution in [3.8, 4) is 17.2 Å². The number of phosphoric acid groups is 1. The zero-order valence-corrected chi connectivity index (χ0v) is 26.6. The number of methoxy groups -OCH3 is 2. The minimum atomic E-state index is -5.17. The van der Waals surface area contributed by atoms with Crippen molar-refractivity contribution in [1.29, 1.82) is 0 Å². The molecule has 0 atom stereocenters. The molecule has 6 nitrogen and oxygen atoms in total. The summed E-state index contributed by atoms with van der Waals surface area (Å²) in [6.45, 7) is 0. The van der Waals surface area contributed by atoms with Gasteiger partial charge in [0.1, 0.15) is 13.6 Å². The maximum absolute atomic E-state index is 10.9. The average molecular weight is 664 g/mol. The van der Waals surface area contributed by atoms with Gasteiger partial charge < -0.3 is 28.3 Å². The summed E-state index contributed by atoms with van der Waals surface area (Å²) in [5, 5.41) is 0. The number of rotatable bonds is 6. The number of hydrogen-bond donors (Lipinski definition) is 0. The summed E-state index contributed by atoms with van der Waals surface area (Å²) < 4.78 is 27.6. The molecule has 0 bridgehead atoms. The first-order valence-corrected chi connectivity index (χ1v) is 10.5. The minimum Gasteiger partial charge on any atom is -0.780 e. The SMILES string of the molecule is COc1ccc(/C=C\c2cc(I)c(OC)c(I)c2)cc1OP(=O)([O-])[O-].[K+].[K+]. The Hall–Kier alpha value is 2.46. The van der Waals surface area contributed by atoms with E-state index < -0.39 is 7.82 Å². The summed E-state index contributed by atoms with van der Waals surface area (Å²) in [6, 6.07) is 8.61. The van der Waals surface area contributed by atoms with Gasteiger partial charge in [0.05, 0.1) is 21.4 Å². The van der Waals surface area contributed by atoms with E-state index in [2.05, 4.69) is 49.7 Å². The number of halogens is 2. The normalized spacial score (nSPS) is 10.7. The summed E-state index contributed by atoms with van der Waals surface area (Å²) in [4.78, 5) is 21.7. The van der Waals surface area contributed by atoms with Crippen LogP contribution < -0.4 is 127 Å². The molecule has 0 heterocycles. The smallest absolute Gasteiger partial charge is 0.780 e. The van der Waals surface area contributed by atoms with Crippen LogP contribution in [0.4, 0.5) is 0 Å². The van der Waals surface area contributed by atoms with Crippen LogP contribution in [0.25, 0.3) is 12.2 Å². The van der Waals surface area contributed by atoms with E-state index in [0.717, 1.165) is 18.5 Å². The third kappa shape index (κ3) is 9.64. The van der Waals surface area contributed by atoms with Crippen molar-refractivity contribution in [1.82, 2.24) is 0 Å². The molecule has 2 aromatic carbocycles. The zero-order chi connectivity index (χ0) is 18.6. The van der Waals surface area contributed by atoms with E-state index in [9.17, 15) is 14.4 Å². The van der Waals surface area contributed by atoms with E-state index in [0.29, 0.717) is 5.56 Å². The first kappa shape index (κ1) is 29.5. The Morgan fingerprint density at radius 2 is 1.44 bits per heavy atom. The fourth-order valence-electron chi connectivity index (χ4n) is 2.05. The largest absolute Gasteiger partial charge is 1.00 e. The van der Waals surface area contributed by atoms with Crippen molar-refractivity contribution in [3.05, 3.63) is 48.6 Å². The van der Waals surface area contributed by atoms with Gasteiger partial charge in [-0.15, -0.1) is 0 Å². The second-order valence-corrected chi connectivity index (χ2v) is 8.20. The van der Waals surface area contributed by atoms with Crippen molar-refractivity contribution in [2.75, 3.05) is 14.2 Å².